The van der Waals surface area contributed by atoms with Crippen LogP contribution in [0.4, 0.5) is 4.79 Å². The summed E-state index contributed by atoms with van der Waals surface area (Å²) in [5, 5.41) is 2.79. The SMILES string of the molecule is CNC(=O)NS(=O)(=O)c1cnccc1Sc1ccc(Cl)cc1. The smallest absolute Gasteiger partial charge is 0.328 e. The van der Waals surface area contributed by atoms with E-state index in [-0.39, 0.29) is 4.90 Å². The Morgan fingerprint density at radius 1 is 1.23 bits per heavy atom. The molecule has 0 unspecified atom stereocenters. The number of carbonyl (C=O) groups excluding carboxylic acids is 1. The van der Waals surface area contributed by atoms with Gasteiger partial charge < -0.3 is 5.32 Å². The van der Waals surface area contributed by atoms with E-state index in [4.69, 9.17) is 11.6 Å². The van der Waals surface area contributed by atoms with Gasteiger partial charge in [-0.1, -0.05) is 23.4 Å². The van der Waals surface area contributed by atoms with Gasteiger partial charge in [0.2, 0.25) is 0 Å². The molecule has 0 bridgehead atoms. The number of nitrogens with one attached hydrogen (secondary N) is 2. The molecule has 0 aliphatic rings. The molecule has 0 aliphatic carbocycles. The van der Waals surface area contributed by atoms with Gasteiger partial charge in [-0.15, -0.1) is 0 Å². The summed E-state index contributed by atoms with van der Waals surface area (Å²) >= 11 is 7.06. The van der Waals surface area contributed by atoms with E-state index in [2.05, 4.69) is 10.3 Å². The topological polar surface area (TPSA) is 88.2 Å². The molecule has 2 aromatic rings. The number of rotatable bonds is 4. The molecule has 0 aliphatic heterocycles. The van der Waals surface area contributed by atoms with Gasteiger partial charge >= 0.3 is 6.03 Å². The van der Waals surface area contributed by atoms with E-state index in [1.54, 1.807) is 30.3 Å². The van der Waals surface area contributed by atoms with Gasteiger partial charge in [0.25, 0.3) is 10.0 Å². The number of carbonyl (C=O) groups is 1. The number of amides is 2. The lowest BCUT2D eigenvalue weighted by molar-refractivity contribution is 0.247. The standard InChI is InChI=1S/C13H12ClN3O3S2/c1-15-13(18)17-22(19,20)12-8-16-7-6-11(12)21-10-4-2-9(14)3-5-10/h2-8H,1H3,(H2,15,17,18). The van der Waals surface area contributed by atoms with Gasteiger partial charge in [0.15, 0.2) is 0 Å². The van der Waals surface area contributed by atoms with Crippen molar-refractivity contribution in [2.75, 3.05) is 7.05 Å². The first-order chi connectivity index (χ1) is 10.4. The van der Waals surface area contributed by atoms with Crippen molar-refractivity contribution < 1.29 is 13.2 Å². The second-order valence-electron chi connectivity index (χ2n) is 4.06. The molecule has 0 atom stereocenters. The maximum Gasteiger partial charge on any atom is 0.328 e. The van der Waals surface area contributed by atoms with Crippen LogP contribution in [-0.4, -0.2) is 26.5 Å². The lowest BCUT2D eigenvalue weighted by Crippen LogP contribution is -2.37. The molecule has 2 N–H and O–H groups in total. The molecule has 0 spiro atoms. The molecule has 0 radical (unpaired) electrons. The van der Waals surface area contributed by atoms with E-state index in [0.29, 0.717) is 9.92 Å². The summed E-state index contributed by atoms with van der Waals surface area (Å²) in [4.78, 5) is 16.3. The molecule has 2 rings (SSSR count). The number of hydrogen-bond acceptors (Lipinski definition) is 5. The van der Waals surface area contributed by atoms with Crippen LogP contribution in [0.3, 0.4) is 0 Å². The van der Waals surface area contributed by atoms with Gasteiger partial charge in [0.1, 0.15) is 4.90 Å². The molecule has 1 aromatic heterocycles. The van der Waals surface area contributed by atoms with E-state index < -0.39 is 16.1 Å². The molecule has 0 saturated carbocycles. The lowest BCUT2D eigenvalue weighted by atomic mass is 10.4. The molecule has 0 fully saturated rings. The third kappa shape index (κ3) is 4.12. The summed E-state index contributed by atoms with van der Waals surface area (Å²) in [5.41, 5.74) is 0. The van der Waals surface area contributed by atoms with Crippen molar-refractivity contribution in [3.05, 3.63) is 47.7 Å². The fourth-order valence-corrected chi connectivity index (χ4v) is 3.89. The van der Waals surface area contributed by atoms with Crippen LogP contribution in [-0.2, 0) is 10.0 Å². The lowest BCUT2D eigenvalue weighted by Gasteiger charge is -2.10. The van der Waals surface area contributed by atoms with Gasteiger partial charge in [0.05, 0.1) is 0 Å². The summed E-state index contributed by atoms with van der Waals surface area (Å²) in [5.74, 6) is 0. The zero-order valence-electron chi connectivity index (χ0n) is 11.4. The van der Waals surface area contributed by atoms with E-state index >= 15 is 0 Å². The van der Waals surface area contributed by atoms with E-state index in [1.165, 1.54) is 31.2 Å². The quantitative estimate of drug-likeness (QED) is 0.877. The first-order valence-corrected chi connectivity index (χ1v) is 8.72. The molecule has 22 heavy (non-hydrogen) atoms. The zero-order valence-corrected chi connectivity index (χ0v) is 13.8. The third-order valence-electron chi connectivity index (χ3n) is 2.53. The fraction of sp³-hybridized carbons (Fsp3) is 0.0769. The van der Waals surface area contributed by atoms with Crippen molar-refractivity contribution >= 4 is 39.4 Å². The maximum absolute atomic E-state index is 12.2. The van der Waals surface area contributed by atoms with Crippen LogP contribution in [0.25, 0.3) is 0 Å². The second kappa shape index (κ2) is 6.99. The molecule has 2 amide bonds. The molecule has 116 valence electrons. The Kier molecular flexibility index (Phi) is 5.28. The van der Waals surface area contributed by atoms with Crippen LogP contribution in [0, 0.1) is 0 Å². The first kappa shape index (κ1) is 16.6. The molecule has 6 nitrogen and oxygen atoms in total. The van der Waals surface area contributed by atoms with Gasteiger partial charge in [-0.2, -0.15) is 0 Å². The van der Waals surface area contributed by atoms with E-state index in [0.717, 1.165) is 4.90 Å². The van der Waals surface area contributed by atoms with Crippen molar-refractivity contribution in [3.63, 3.8) is 0 Å². The number of benzene rings is 1. The highest BCUT2D eigenvalue weighted by Gasteiger charge is 2.21. The first-order valence-electron chi connectivity index (χ1n) is 6.04. The Labute approximate surface area is 137 Å². The van der Waals surface area contributed by atoms with Crippen LogP contribution < -0.4 is 10.0 Å². The summed E-state index contributed by atoms with van der Waals surface area (Å²) < 4.78 is 26.3. The van der Waals surface area contributed by atoms with Crippen molar-refractivity contribution in [2.45, 2.75) is 14.7 Å². The van der Waals surface area contributed by atoms with E-state index in [1.807, 2.05) is 4.72 Å². The number of sulfonamides is 1. The molecular weight excluding hydrogens is 346 g/mol. The molecule has 1 aromatic carbocycles. The van der Waals surface area contributed by atoms with Crippen LogP contribution in [0.15, 0.2) is 57.4 Å². The van der Waals surface area contributed by atoms with Gasteiger partial charge in [-0.3, -0.25) is 4.98 Å². The van der Waals surface area contributed by atoms with Crippen LogP contribution in [0.2, 0.25) is 5.02 Å². The largest absolute Gasteiger partial charge is 0.340 e. The fourth-order valence-electron chi connectivity index (χ4n) is 1.51. The van der Waals surface area contributed by atoms with Gasteiger partial charge in [-0.05, 0) is 30.3 Å². The minimum atomic E-state index is -4.00. The monoisotopic (exact) mass is 357 g/mol. The summed E-state index contributed by atoms with van der Waals surface area (Å²) in [6.45, 7) is 0. The summed E-state index contributed by atoms with van der Waals surface area (Å²) in [7, 11) is -2.67. The van der Waals surface area contributed by atoms with Crippen LogP contribution >= 0.6 is 23.4 Å². The number of pyridine rings is 1. The number of halogens is 1. The normalized spacial score (nSPS) is 11.0. The number of nitrogens with zero attached hydrogens (tertiary/aromatic N) is 1. The van der Waals surface area contributed by atoms with Crippen molar-refractivity contribution in [1.29, 1.82) is 0 Å². The second-order valence-corrected chi connectivity index (χ2v) is 7.27. The summed E-state index contributed by atoms with van der Waals surface area (Å²) in [6, 6.07) is 7.72. The Bertz CT molecular complexity index is 779. The number of aromatic nitrogens is 1. The Morgan fingerprint density at radius 2 is 1.91 bits per heavy atom. The molecule has 9 heteroatoms. The Morgan fingerprint density at radius 3 is 2.55 bits per heavy atom. The minimum absolute atomic E-state index is 0.0708. The predicted molar refractivity (Wildman–Crippen MR) is 84.6 cm³/mol. The average Bonchev–Trinajstić information content (AvgIpc) is 2.49. The van der Waals surface area contributed by atoms with Crippen molar-refractivity contribution in [2.24, 2.45) is 0 Å². The molecular formula is C13H12ClN3O3S2. The van der Waals surface area contributed by atoms with Crippen LogP contribution in [0.1, 0.15) is 0 Å². The predicted octanol–water partition coefficient (Wildman–Crippen LogP) is 2.50. The zero-order chi connectivity index (χ0) is 16.2. The minimum Gasteiger partial charge on any atom is -0.340 e. The van der Waals surface area contributed by atoms with Gasteiger partial charge in [0, 0.05) is 34.3 Å². The maximum atomic E-state index is 12.2. The van der Waals surface area contributed by atoms with Crippen molar-refractivity contribution in [1.82, 2.24) is 15.0 Å². The molecule has 0 saturated heterocycles. The van der Waals surface area contributed by atoms with E-state index in [9.17, 15) is 13.2 Å². The number of hydrogen-bond donors (Lipinski definition) is 2. The molecule has 1 heterocycles. The van der Waals surface area contributed by atoms with Crippen LogP contribution in [0.5, 0.6) is 0 Å². The van der Waals surface area contributed by atoms with Crippen molar-refractivity contribution in [3.8, 4) is 0 Å². The highest BCUT2D eigenvalue weighted by Crippen LogP contribution is 2.32. The average molecular weight is 358 g/mol. The third-order valence-corrected chi connectivity index (χ3v) is 5.36. The Balaban J connectivity index is 2.34. The highest BCUT2D eigenvalue weighted by atomic mass is 35.5. The van der Waals surface area contributed by atoms with Gasteiger partial charge in [-0.25, -0.2) is 17.9 Å². The Hall–Kier alpha value is -1.77. The number of urea groups is 1. The highest BCUT2D eigenvalue weighted by molar-refractivity contribution is 8.00. The summed E-state index contributed by atoms with van der Waals surface area (Å²) in [6.07, 6.45) is 2.68.